The Morgan fingerprint density at radius 2 is 2.00 bits per heavy atom. The summed E-state index contributed by atoms with van der Waals surface area (Å²) >= 11 is 0. The van der Waals surface area contributed by atoms with Crippen LogP contribution in [-0.4, -0.2) is 9.55 Å². The lowest BCUT2D eigenvalue weighted by atomic mass is 10.0. The van der Waals surface area contributed by atoms with Gasteiger partial charge in [0.15, 0.2) is 0 Å². The Labute approximate surface area is 126 Å². The molecular formula is C17H24N4. The molecule has 0 unspecified atom stereocenters. The van der Waals surface area contributed by atoms with Gasteiger partial charge in [-0.1, -0.05) is 39.5 Å². The summed E-state index contributed by atoms with van der Waals surface area (Å²) in [7, 11) is 0. The molecule has 0 bridgehead atoms. The molecule has 0 atom stereocenters. The van der Waals surface area contributed by atoms with Crippen molar-refractivity contribution in [2.75, 3.05) is 5.73 Å². The number of imidazole rings is 1. The molecule has 0 saturated heterocycles. The monoisotopic (exact) mass is 284 g/mol. The second-order valence-corrected chi connectivity index (χ2v) is 6.03. The number of aryl methyl sites for hydroxylation is 1. The molecular weight excluding hydrogens is 260 g/mol. The van der Waals surface area contributed by atoms with Crippen molar-refractivity contribution < 1.29 is 0 Å². The summed E-state index contributed by atoms with van der Waals surface area (Å²) in [5.41, 5.74) is 8.48. The first-order chi connectivity index (χ1) is 10.1. The number of anilines is 1. The predicted octanol–water partition coefficient (Wildman–Crippen LogP) is 4.10. The second-order valence-electron chi connectivity index (χ2n) is 6.03. The van der Waals surface area contributed by atoms with Crippen LogP contribution in [0.4, 0.5) is 5.95 Å². The Kier molecular flexibility index (Phi) is 5.21. The number of rotatable bonds is 7. The number of nitrogen functional groups attached to an aromatic ring is 1. The lowest BCUT2D eigenvalue weighted by Gasteiger charge is -2.07. The normalized spacial score (nSPS) is 11.1. The van der Waals surface area contributed by atoms with Crippen LogP contribution in [0.2, 0.25) is 0 Å². The average Bonchev–Trinajstić information content (AvgIpc) is 2.77. The third-order valence-corrected chi connectivity index (χ3v) is 3.82. The molecule has 0 saturated carbocycles. The van der Waals surface area contributed by atoms with Gasteiger partial charge < -0.3 is 10.3 Å². The number of hydrogen-bond donors (Lipinski definition) is 1. The molecule has 0 amide bonds. The highest BCUT2D eigenvalue weighted by Crippen LogP contribution is 2.20. The lowest BCUT2D eigenvalue weighted by Crippen LogP contribution is -2.03. The minimum absolute atomic E-state index is 0.544. The Hall–Kier alpha value is -2.02. The van der Waals surface area contributed by atoms with Crippen molar-refractivity contribution in [1.29, 1.82) is 5.26 Å². The molecule has 2 rings (SSSR count). The van der Waals surface area contributed by atoms with E-state index in [1.54, 1.807) is 6.07 Å². The van der Waals surface area contributed by atoms with E-state index < -0.39 is 0 Å². The fourth-order valence-electron chi connectivity index (χ4n) is 2.62. The molecule has 4 heteroatoms. The van der Waals surface area contributed by atoms with Crippen LogP contribution in [-0.2, 0) is 6.54 Å². The van der Waals surface area contributed by atoms with Gasteiger partial charge >= 0.3 is 0 Å². The van der Waals surface area contributed by atoms with Crippen LogP contribution in [0, 0.1) is 17.2 Å². The minimum atomic E-state index is 0.544. The highest BCUT2D eigenvalue weighted by atomic mass is 15.1. The third kappa shape index (κ3) is 3.98. The van der Waals surface area contributed by atoms with Crippen LogP contribution in [0.1, 0.15) is 51.5 Å². The lowest BCUT2D eigenvalue weighted by molar-refractivity contribution is 0.508. The van der Waals surface area contributed by atoms with E-state index in [9.17, 15) is 0 Å². The Morgan fingerprint density at radius 1 is 1.24 bits per heavy atom. The maximum atomic E-state index is 9.00. The third-order valence-electron chi connectivity index (χ3n) is 3.82. The van der Waals surface area contributed by atoms with Gasteiger partial charge in [-0.05, 0) is 30.5 Å². The average molecular weight is 284 g/mol. The quantitative estimate of drug-likeness (QED) is 0.778. The van der Waals surface area contributed by atoms with Crippen molar-refractivity contribution in [1.82, 2.24) is 9.55 Å². The second kappa shape index (κ2) is 7.12. The summed E-state index contributed by atoms with van der Waals surface area (Å²) in [5, 5.41) is 9.00. The van der Waals surface area contributed by atoms with Crippen LogP contribution in [0.3, 0.4) is 0 Å². The number of unbranched alkanes of at least 4 members (excludes halogenated alkanes) is 3. The SMILES string of the molecule is CC(C)CCCCCCn1c(N)nc2ccc(C#N)cc21. The number of nitriles is 1. The molecule has 0 aliphatic carbocycles. The van der Waals surface area contributed by atoms with Crippen molar-refractivity contribution in [3.8, 4) is 6.07 Å². The molecule has 21 heavy (non-hydrogen) atoms. The van der Waals surface area contributed by atoms with Crippen LogP contribution < -0.4 is 5.73 Å². The molecule has 1 aromatic carbocycles. The molecule has 112 valence electrons. The van der Waals surface area contributed by atoms with Gasteiger partial charge in [0.2, 0.25) is 5.95 Å². The number of fused-ring (bicyclic) bond motifs is 1. The fourth-order valence-corrected chi connectivity index (χ4v) is 2.62. The maximum Gasteiger partial charge on any atom is 0.201 e. The summed E-state index contributed by atoms with van der Waals surface area (Å²) in [6, 6.07) is 7.69. The van der Waals surface area contributed by atoms with E-state index in [1.807, 2.05) is 16.7 Å². The standard InChI is InChI=1S/C17H24N4/c1-13(2)7-5-3-4-6-10-21-16-11-14(12-18)8-9-15(16)20-17(21)19/h8-9,11,13H,3-7,10H2,1-2H3,(H2,19,20). The Bertz CT molecular complexity index is 634. The molecule has 4 nitrogen and oxygen atoms in total. The van der Waals surface area contributed by atoms with E-state index >= 15 is 0 Å². The summed E-state index contributed by atoms with van der Waals surface area (Å²) in [6.07, 6.45) is 6.19. The summed E-state index contributed by atoms with van der Waals surface area (Å²) in [6.45, 7) is 5.41. The van der Waals surface area contributed by atoms with E-state index in [0.29, 0.717) is 11.5 Å². The molecule has 2 aromatic rings. The van der Waals surface area contributed by atoms with Crippen molar-refractivity contribution in [3.63, 3.8) is 0 Å². The van der Waals surface area contributed by atoms with Crippen molar-refractivity contribution in [3.05, 3.63) is 23.8 Å². The smallest absolute Gasteiger partial charge is 0.201 e. The van der Waals surface area contributed by atoms with Gasteiger partial charge in [0.25, 0.3) is 0 Å². The first-order valence-electron chi connectivity index (χ1n) is 7.77. The van der Waals surface area contributed by atoms with E-state index in [4.69, 9.17) is 11.0 Å². The number of aromatic nitrogens is 2. The number of hydrogen-bond acceptors (Lipinski definition) is 3. The molecule has 0 spiro atoms. The molecule has 1 heterocycles. The predicted molar refractivity (Wildman–Crippen MR) is 86.8 cm³/mol. The van der Waals surface area contributed by atoms with Crippen LogP contribution >= 0.6 is 0 Å². The minimum Gasteiger partial charge on any atom is -0.369 e. The molecule has 0 aliphatic heterocycles. The Morgan fingerprint density at radius 3 is 2.71 bits per heavy atom. The number of nitrogens with two attached hydrogens (primary N) is 1. The molecule has 1 aromatic heterocycles. The first-order valence-corrected chi connectivity index (χ1v) is 7.77. The Balaban J connectivity index is 1.95. The van der Waals surface area contributed by atoms with E-state index in [2.05, 4.69) is 24.9 Å². The van der Waals surface area contributed by atoms with E-state index in [1.165, 1.54) is 25.7 Å². The van der Waals surface area contributed by atoms with Crippen molar-refractivity contribution >= 4 is 17.0 Å². The number of benzene rings is 1. The topological polar surface area (TPSA) is 67.6 Å². The maximum absolute atomic E-state index is 9.00. The van der Waals surface area contributed by atoms with Gasteiger partial charge in [-0.3, -0.25) is 0 Å². The first kappa shape index (κ1) is 15.4. The van der Waals surface area contributed by atoms with Gasteiger partial charge in [0.05, 0.1) is 22.7 Å². The van der Waals surface area contributed by atoms with Crippen LogP contribution in [0.25, 0.3) is 11.0 Å². The van der Waals surface area contributed by atoms with Crippen molar-refractivity contribution in [2.24, 2.45) is 5.92 Å². The zero-order chi connectivity index (χ0) is 15.2. The molecule has 0 radical (unpaired) electrons. The largest absolute Gasteiger partial charge is 0.369 e. The highest BCUT2D eigenvalue weighted by Gasteiger charge is 2.08. The fraction of sp³-hybridized carbons (Fsp3) is 0.529. The molecule has 0 fully saturated rings. The van der Waals surface area contributed by atoms with Gasteiger partial charge in [-0.15, -0.1) is 0 Å². The van der Waals surface area contributed by atoms with Crippen LogP contribution in [0.5, 0.6) is 0 Å². The van der Waals surface area contributed by atoms with Gasteiger partial charge in [0, 0.05) is 6.54 Å². The summed E-state index contributed by atoms with van der Waals surface area (Å²) < 4.78 is 2.03. The zero-order valence-electron chi connectivity index (χ0n) is 13.0. The van der Waals surface area contributed by atoms with Crippen molar-refractivity contribution in [2.45, 2.75) is 52.5 Å². The highest BCUT2D eigenvalue weighted by molar-refractivity contribution is 5.79. The zero-order valence-corrected chi connectivity index (χ0v) is 13.0. The van der Waals surface area contributed by atoms with Gasteiger partial charge in [0.1, 0.15) is 0 Å². The van der Waals surface area contributed by atoms with Crippen LogP contribution in [0.15, 0.2) is 18.2 Å². The van der Waals surface area contributed by atoms with Gasteiger partial charge in [-0.25, -0.2) is 4.98 Å². The van der Waals surface area contributed by atoms with E-state index in [-0.39, 0.29) is 0 Å². The summed E-state index contributed by atoms with van der Waals surface area (Å²) in [4.78, 5) is 4.36. The summed E-state index contributed by atoms with van der Waals surface area (Å²) in [5.74, 6) is 1.34. The van der Waals surface area contributed by atoms with Gasteiger partial charge in [-0.2, -0.15) is 5.26 Å². The molecule has 2 N–H and O–H groups in total. The van der Waals surface area contributed by atoms with E-state index in [0.717, 1.165) is 29.9 Å². The number of nitrogens with zero attached hydrogens (tertiary/aromatic N) is 3. The molecule has 0 aliphatic rings.